The Morgan fingerprint density at radius 3 is 2.58 bits per heavy atom. The fourth-order valence-electron chi connectivity index (χ4n) is 2.59. The van der Waals surface area contributed by atoms with Crippen LogP contribution in [0.25, 0.3) is 0 Å². The molecule has 0 bridgehead atoms. The average molecular weight is 345 g/mol. The molecule has 1 saturated carbocycles. The minimum absolute atomic E-state index is 0.0187. The largest absolute Gasteiger partial charge is 0.435 e. The van der Waals surface area contributed by atoms with Crippen molar-refractivity contribution in [2.24, 2.45) is 13.0 Å². The molecular weight excluding hydrogens is 327 g/mol. The van der Waals surface area contributed by atoms with Crippen molar-refractivity contribution >= 4 is 11.9 Å². The van der Waals surface area contributed by atoms with Crippen LogP contribution in [0.4, 0.5) is 18.0 Å². The third kappa shape index (κ3) is 3.62. The first kappa shape index (κ1) is 16.6. The topological polar surface area (TPSA) is 79.3 Å². The molecule has 2 heterocycles. The van der Waals surface area contributed by atoms with Gasteiger partial charge in [0.05, 0.1) is 6.04 Å². The molecule has 1 aromatic heterocycles. The summed E-state index contributed by atoms with van der Waals surface area (Å²) in [5.41, 5.74) is -1.08. The number of likely N-dealkylation sites (tertiary alicyclic amines) is 1. The number of amides is 3. The van der Waals surface area contributed by atoms with Crippen molar-refractivity contribution in [3.63, 3.8) is 0 Å². The van der Waals surface area contributed by atoms with Gasteiger partial charge in [0.1, 0.15) is 0 Å². The summed E-state index contributed by atoms with van der Waals surface area (Å²) < 4.78 is 39.5. The Morgan fingerprint density at radius 2 is 2.00 bits per heavy atom. The lowest BCUT2D eigenvalue weighted by Gasteiger charge is -2.39. The molecule has 0 spiro atoms. The van der Waals surface area contributed by atoms with Crippen molar-refractivity contribution in [2.75, 3.05) is 13.1 Å². The SMILES string of the molecule is Cn1cc(CNC(=O)N2CC(NC(=O)C3CC3)C2)c(C(F)(F)F)n1. The van der Waals surface area contributed by atoms with Crippen LogP contribution in [0.1, 0.15) is 24.1 Å². The second-order valence-corrected chi connectivity index (χ2v) is 6.22. The van der Waals surface area contributed by atoms with E-state index in [0.29, 0.717) is 13.1 Å². The molecule has 2 fully saturated rings. The second-order valence-electron chi connectivity index (χ2n) is 6.22. The number of aryl methyl sites for hydroxylation is 1. The van der Waals surface area contributed by atoms with Gasteiger partial charge in [0.25, 0.3) is 0 Å². The number of alkyl halides is 3. The third-order valence-corrected chi connectivity index (χ3v) is 4.07. The van der Waals surface area contributed by atoms with E-state index in [4.69, 9.17) is 0 Å². The molecule has 24 heavy (non-hydrogen) atoms. The number of hydrogen-bond donors (Lipinski definition) is 2. The number of hydrogen-bond acceptors (Lipinski definition) is 3. The Bertz CT molecular complexity index is 647. The van der Waals surface area contributed by atoms with E-state index in [1.165, 1.54) is 18.1 Å². The van der Waals surface area contributed by atoms with Gasteiger partial charge in [-0.15, -0.1) is 0 Å². The van der Waals surface area contributed by atoms with E-state index in [1.54, 1.807) is 0 Å². The van der Waals surface area contributed by atoms with E-state index < -0.39 is 17.9 Å². The van der Waals surface area contributed by atoms with Crippen molar-refractivity contribution in [2.45, 2.75) is 31.6 Å². The molecular formula is C14H18F3N5O2. The number of carbonyl (C=O) groups excluding carboxylic acids is 2. The Kier molecular flexibility index (Phi) is 4.14. The quantitative estimate of drug-likeness (QED) is 0.849. The molecule has 2 aliphatic rings. The molecule has 0 atom stereocenters. The molecule has 0 unspecified atom stereocenters. The number of carbonyl (C=O) groups is 2. The van der Waals surface area contributed by atoms with E-state index in [2.05, 4.69) is 15.7 Å². The number of urea groups is 1. The first-order valence-corrected chi connectivity index (χ1v) is 7.67. The predicted octanol–water partition coefficient (Wildman–Crippen LogP) is 0.859. The molecule has 0 aromatic carbocycles. The number of aromatic nitrogens is 2. The van der Waals surface area contributed by atoms with Gasteiger partial charge in [-0.05, 0) is 12.8 Å². The molecule has 10 heteroatoms. The lowest BCUT2D eigenvalue weighted by atomic mass is 10.1. The summed E-state index contributed by atoms with van der Waals surface area (Å²) in [4.78, 5) is 25.0. The molecule has 1 saturated heterocycles. The van der Waals surface area contributed by atoms with E-state index in [9.17, 15) is 22.8 Å². The molecule has 1 aliphatic carbocycles. The molecule has 7 nitrogen and oxygen atoms in total. The van der Waals surface area contributed by atoms with E-state index >= 15 is 0 Å². The van der Waals surface area contributed by atoms with E-state index in [0.717, 1.165) is 17.5 Å². The van der Waals surface area contributed by atoms with Crippen LogP contribution in [0.5, 0.6) is 0 Å². The predicted molar refractivity (Wildman–Crippen MR) is 76.7 cm³/mol. The highest BCUT2D eigenvalue weighted by Crippen LogP contribution is 2.30. The number of halogens is 3. The van der Waals surface area contributed by atoms with Crippen molar-refractivity contribution in [3.05, 3.63) is 17.5 Å². The molecule has 3 amide bonds. The number of nitrogens with one attached hydrogen (secondary N) is 2. The summed E-state index contributed by atoms with van der Waals surface area (Å²) in [6.07, 6.45) is -1.50. The second kappa shape index (κ2) is 5.99. The van der Waals surface area contributed by atoms with Gasteiger partial charge in [-0.3, -0.25) is 9.48 Å². The first-order chi connectivity index (χ1) is 11.2. The molecule has 0 radical (unpaired) electrons. The monoisotopic (exact) mass is 345 g/mol. The zero-order chi connectivity index (χ0) is 17.5. The maximum absolute atomic E-state index is 12.8. The highest BCUT2D eigenvalue weighted by molar-refractivity contribution is 5.82. The Balaban J connectivity index is 1.46. The van der Waals surface area contributed by atoms with Crippen LogP contribution in [-0.4, -0.2) is 45.8 Å². The summed E-state index contributed by atoms with van der Waals surface area (Å²) in [6, 6.07) is -0.531. The zero-order valence-electron chi connectivity index (χ0n) is 13.1. The van der Waals surface area contributed by atoms with Gasteiger partial charge < -0.3 is 15.5 Å². The van der Waals surface area contributed by atoms with Gasteiger partial charge in [0.15, 0.2) is 5.69 Å². The fraction of sp³-hybridized carbons (Fsp3) is 0.643. The lowest BCUT2D eigenvalue weighted by Crippen LogP contribution is -2.63. The Labute approximate surface area is 136 Å². The van der Waals surface area contributed by atoms with Gasteiger partial charge in [0.2, 0.25) is 5.91 Å². The van der Waals surface area contributed by atoms with Gasteiger partial charge in [-0.1, -0.05) is 0 Å². The van der Waals surface area contributed by atoms with Crippen LogP contribution in [0.2, 0.25) is 0 Å². The van der Waals surface area contributed by atoms with Crippen LogP contribution >= 0.6 is 0 Å². The van der Waals surface area contributed by atoms with Gasteiger partial charge in [-0.25, -0.2) is 4.79 Å². The lowest BCUT2D eigenvalue weighted by molar-refractivity contribution is -0.142. The number of rotatable bonds is 4. The summed E-state index contributed by atoms with van der Waals surface area (Å²) in [5.74, 6) is 0.129. The van der Waals surface area contributed by atoms with Crippen LogP contribution in [0, 0.1) is 5.92 Å². The fourth-order valence-corrected chi connectivity index (χ4v) is 2.59. The van der Waals surface area contributed by atoms with Crippen LogP contribution in [-0.2, 0) is 24.6 Å². The molecule has 1 aliphatic heterocycles. The minimum Gasteiger partial charge on any atom is -0.350 e. The normalized spacial score (nSPS) is 18.2. The van der Waals surface area contributed by atoms with Gasteiger partial charge >= 0.3 is 12.2 Å². The maximum atomic E-state index is 12.8. The van der Waals surface area contributed by atoms with Gasteiger partial charge in [-0.2, -0.15) is 18.3 Å². The average Bonchev–Trinajstić information content (AvgIpc) is 3.21. The summed E-state index contributed by atoms with van der Waals surface area (Å²) in [6.45, 7) is 0.476. The third-order valence-electron chi connectivity index (χ3n) is 4.07. The van der Waals surface area contributed by atoms with Crippen molar-refractivity contribution in [1.82, 2.24) is 25.3 Å². The van der Waals surface area contributed by atoms with Crippen LogP contribution in [0.3, 0.4) is 0 Å². The summed E-state index contributed by atoms with van der Waals surface area (Å²) >= 11 is 0. The Morgan fingerprint density at radius 1 is 1.33 bits per heavy atom. The Hall–Kier alpha value is -2.26. The maximum Gasteiger partial charge on any atom is 0.435 e. The van der Waals surface area contributed by atoms with Crippen LogP contribution in [0.15, 0.2) is 6.20 Å². The van der Waals surface area contributed by atoms with Gasteiger partial charge in [0, 0.05) is 44.4 Å². The van der Waals surface area contributed by atoms with E-state index in [-0.39, 0.29) is 30.0 Å². The van der Waals surface area contributed by atoms with Crippen molar-refractivity contribution in [3.8, 4) is 0 Å². The standard InChI is InChI=1S/C14H18F3N5O2/c1-21-5-9(11(20-21)14(15,16)17)4-18-13(24)22-6-10(7-22)19-12(23)8-2-3-8/h5,8,10H,2-4,6-7H2,1H3,(H,18,24)(H,19,23). The highest BCUT2D eigenvalue weighted by atomic mass is 19.4. The van der Waals surface area contributed by atoms with E-state index in [1.807, 2.05) is 0 Å². The molecule has 132 valence electrons. The molecule has 2 N–H and O–H groups in total. The van der Waals surface area contributed by atoms with Crippen LogP contribution < -0.4 is 10.6 Å². The molecule has 1 aromatic rings. The summed E-state index contributed by atoms with van der Waals surface area (Å²) in [5, 5.41) is 8.69. The zero-order valence-corrected chi connectivity index (χ0v) is 13.1. The first-order valence-electron chi connectivity index (χ1n) is 7.67. The smallest absolute Gasteiger partial charge is 0.350 e. The van der Waals surface area contributed by atoms with Crippen molar-refractivity contribution in [1.29, 1.82) is 0 Å². The van der Waals surface area contributed by atoms with Crippen molar-refractivity contribution < 1.29 is 22.8 Å². The molecule has 3 rings (SSSR count). The summed E-state index contributed by atoms with van der Waals surface area (Å²) in [7, 11) is 1.39. The number of nitrogens with zero attached hydrogens (tertiary/aromatic N) is 3. The minimum atomic E-state index is -4.56. The highest BCUT2D eigenvalue weighted by Gasteiger charge is 2.38.